The smallest absolute Gasteiger partial charge is 0.290 e. The van der Waals surface area contributed by atoms with Gasteiger partial charge >= 0.3 is 0 Å². The van der Waals surface area contributed by atoms with Gasteiger partial charge < -0.3 is 29.5 Å². The Labute approximate surface area is 188 Å². The molecule has 4 rings (SSSR count). The van der Waals surface area contributed by atoms with Crippen LogP contribution in [0, 0.1) is 5.92 Å². The van der Waals surface area contributed by atoms with E-state index in [9.17, 15) is 0 Å². The number of carbonyl (C=O) groups is 2. The summed E-state index contributed by atoms with van der Waals surface area (Å²) in [4.78, 5) is 24.1. The number of fused-ring (bicyclic) bond motifs is 1. The zero-order chi connectivity index (χ0) is 23.2. The predicted octanol–water partition coefficient (Wildman–Crippen LogP) is 2.59. The van der Waals surface area contributed by atoms with Crippen molar-refractivity contribution < 1.29 is 29.6 Å². The van der Waals surface area contributed by atoms with Crippen LogP contribution in [0.2, 0.25) is 0 Å². The van der Waals surface area contributed by atoms with Crippen LogP contribution in [0.5, 0.6) is 5.75 Å². The molecule has 2 atom stereocenters. The van der Waals surface area contributed by atoms with Gasteiger partial charge in [-0.05, 0) is 56.8 Å². The van der Waals surface area contributed by atoms with Crippen LogP contribution in [0.1, 0.15) is 32.1 Å². The number of aliphatic hydroxyl groups excluding tert-OH is 1. The van der Waals surface area contributed by atoms with Gasteiger partial charge in [0.1, 0.15) is 18.2 Å². The molecule has 2 aliphatic rings. The summed E-state index contributed by atoms with van der Waals surface area (Å²) in [5, 5.41) is 22.7. The van der Waals surface area contributed by atoms with E-state index in [1.807, 2.05) is 24.4 Å². The lowest BCUT2D eigenvalue weighted by atomic mass is 9.83. The van der Waals surface area contributed by atoms with E-state index in [1.54, 1.807) is 0 Å². The summed E-state index contributed by atoms with van der Waals surface area (Å²) in [6, 6.07) is 8.76. The summed E-state index contributed by atoms with van der Waals surface area (Å²) < 4.78 is 7.87. The van der Waals surface area contributed by atoms with Crippen molar-refractivity contribution in [2.24, 2.45) is 5.92 Å². The van der Waals surface area contributed by atoms with E-state index < -0.39 is 0 Å². The molecule has 0 amide bonds. The monoisotopic (exact) mass is 447 g/mol. The van der Waals surface area contributed by atoms with Gasteiger partial charge in [0.2, 0.25) is 0 Å². The van der Waals surface area contributed by atoms with Gasteiger partial charge in [-0.15, -0.1) is 0 Å². The van der Waals surface area contributed by atoms with Crippen molar-refractivity contribution in [2.45, 2.75) is 44.7 Å². The molecule has 2 aliphatic heterocycles. The van der Waals surface area contributed by atoms with Crippen molar-refractivity contribution in [3.63, 3.8) is 0 Å². The van der Waals surface area contributed by atoms with Gasteiger partial charge in [0.05, 0.1) is 6.61 Å². The summed E-state index contributed by atoms with van der Waals surface area (Å²) in [6.07, 6.45) is 10.7. The molecule has 9 nitrogen and oxygen atoms in total. The average molecular weight is 448 g/mol. The maximum atomic E-state index is 8.96. The first-order valence-electron chi connectivity index (χ1n) is 10.9. The standard InChI is InChI=1S/C21H29N3O2.2CH2O2/c25-13-14-26-19-7-3-5-17(15-19)21-22-9-12-24(21)16-18-6-4-11-23-10-2-1-8-20(18)23;2*2-1-3/h3,5,7,9,12,15,18,20,25H,1-2,4,6,8,10-11,13-14,16H2;2*1H,(H,2,3)/t18-,20+;;/m0../s1. The molecular formula is C23H33N3O6. The molecule has 0 saturated carbocycles. The van der Waals surface area contributed by atoms with Crippen molar-refractivity contribution >= 4 is 12.9 Å². The third-order valence-corrected chi connectivity index (χ3v) is 5.83. The summed E-state index contributed by atoms with van der Waals surface area (Å²) in [6.45, 7) is 3.44. The third kappa shape index (κ3) is 7.35. The first kappa shape index (κ1) is 25.4. The lowest BCUT2D eigenvalue weighted by molar-refractivity contribution is -0.123. The van der Waals surface area contributed by atoms with Crippen molar-refractivity contribution in [3.05, 3.63) is 36.7 Å². The summed E-state index contributed by atoms with van der Waals surface area (Å²) in [5.74, 6) is 2.50. The first-order chi connectivity index (χ1) is 15.7. The number of ether oxygens (including phenoxy) is 1. The van der Waals surface area contributed by atoms with Crippen LogP contribution < -0.4 is 4.74 Å². The minimum absolute atomic E-state index is 0.0262. The Hall–Kier alpha value is -2.91. The molecule has 32 heavy (non-hydrogen) atoms. The van der Waals surface area contributed by atoms with Crippen molar-refractivity contribution in [3.8, 4) is 17.1 Å². The Morgan fingerprint density at radius 3 is 2.59 bits per heavy atom. The third-order valence-electron chi connectivity index (χ3n) is 5.83. The summed E-state index contributed by atoms with van der Waals surface area (Å²) in [7, 11) is 0. The lowest BCUT2D eigenvalue weighted by Crippen LogP contribution is -2.49. The van der Waals surface area contributed by atoms with Crippen LogP contribution in [0.4, 0.5) is 0 Å². The molecule has 2 saturated heterocycles. The Balaban J connectivity index is 0.000000547. The van der Waals surface area contributed by atoms with Crippen LogP contribution in [-0.4, -0.2) is 75.1 Å². The molecule has 1 aromatic heterocycles. The van der Waals surface area contributed by atoms with E-state index in [-0.39, 0.29) is 19.6 Å². The second-order valence-electron chi connectivity index (χ2n) is 7.72. The first-order valence-corrected chi connectivity index (χ1v) is 10.9. The highest BCUT2D eigenvalue weighted by atomic mass is 16.5. The van der Waals surface area contributed by atoms with Gasteiger partial charge in [0.15, 0.2) is 0 Å². The molecule has 0 aliphatic carbocycles. The number of hydrogen-bond acceptors (Lipinski definition) is 6. The number of aromatic nitrogens is 2. The number of aliphatic hydroxyl groups is 1. The Morgan fingerprint density at radius 1 is 1.09 bits per heavy atom. The maximum Gasteiger partial charge on any atom is 0.290 e. The number of hydrogen-bond donors (Lipinski definition) is 3. The number of nitrogens with zero attached hydrogens (tertiary/aromatic N) is 3. The van der Waals surface area contributed by atoms with Crippen LogP contribution >= 0.6 is 0 Å². The second kappa shape index (κ2) is 14.2. The number of carboxylic acid groups (broad SMARTS) is 2. The molecule has 3 N–H and O–H groups in total. The second-order valence-corrected chi connectivity index (χ2v) is 7.72. The highest BCUT2D eigenvalue weighted by molar-refractivity contribution is 5.58. The van der Waals surface area contributed by atoms with Gasteiger partial charge in [-0.1, -0.05) is 18.6 Å². The zero-order valence-corrected chi connectivity index (χ0v) is 18.3. The lowest BCUT2D eigenvalue weighted by Gasteiger charge is -2.44. The minimum atomic E-state index is -0.250. The van der Waals surface area contributed by atoms with Crippen LogP contribution in [-0.2, 0) is 16.1 Å². The van der Waals surface area contributed by atoms with E-state index >= 15 is 0 Å². The van der Waals surface area contributed by atoms with Gasteiger partial charge in [0, 0.05) is 30.5 Å². The highest BCUT2D eigenvalue weighted by Crippen LogP contribution is 2.33. The fourth-order valence-electron chi connectivity index (χ4n) is 4.65. The molecular weight excluding hydrogens is 414 g/mol. The number of rotatable bonds is 6. The largest absolute Gasteiger partial charge is 0.491 e. The van der Waals surface area contributed by atoms with E-state index in [4.69, 9.17) is 29.6 Å². The van der Waals surface area contributed by atoms with Gasteiger partial charge in [-0.25, -0.2) is 4.98 Å². The Morgan fingerprint density at radius 2 is 1.84 bits per heavy atom. The normalized spacial score (nSPS) is 19.9. The molecule has 2 aromatic rings. The molecule has 176 valence electrons. The zero-order valence-electron chi connectivity index (χ0n) is 18.3. The van der Waals surface area contributed by atoms with Crippen molar-refractivity contribution in [2.75, 3.05) is 26.3 Å². The maximum absolute atomic E-state index is 8.96. The van der Waals surface area contributed by atoms with E-state index in [0.29, 0.717) is 12.5 Å². The van der Waals surface area contributed by atoms with E-state index in [0.717, 1.165) is 29.7 Å². The van der Waals surface area contributed by atoms with E-state index in [1.165, 1.54) is 45.2 Å². The fraction of sp³-hybridized carbons (Fsp3) is 0.522. The number of benzene rings is 1. The quantitative estimate of drug-likeness (QED) is 0.577. The molecule has 2 fully saturated rings. The minimum Gasteiger partial charge on any atom is -0.491 e. The van der Waals surface area contributed by atoms with Crippen LogP contribution in [0.3, 0.4) is 0 Å². The fourth-order valence-corrected chi connectivity index (χ4v) is 4.65. The SMILES string of the molecule is O=CO.O=CO.OCCOc1cccc(-c2nccn2C[C@@H]2CCCN3CCCC[C@H]23)c1. The van der Waals surface area contributed by atoms with Gasteiger partial charge in [-0.2, -0.15) is 0 Å². The van der Waals surface area contributed by atoms with Crippen LogP contribution in [0.25, 0.3) is 11.4 Å². The molecule has 0 spiro atoms. The molecule has 9 heteroatoms. The number of imidazole rings is 1. The van der Waals surface area contributed by atoms with Crippen molar-refractivity contribution in [1.82, 2.24) is 14.5 Å². The highest BCUT2D eigenvalue weighted by Gasteiger charge is 2.33. The van der Waals surface area contributed by atoms with E-state index in [2.05, 4.69) is 26.7 Å². The average Bonchev–Trinajstić information content (AvgIpc) is 3.27. The summed E-state index contributed by atoms with van der Waals surface area (Å²) >= 11 is 0. The Kier molecular flexibility index (Phi) is 11.3. The predicted molar refractivity (Wildman–Crippen MR) is 120 cm³/mol. The van der Waals surface area contributed by atoms with Crippen LogP contribution in [0.15, 0.2) is 36.7 Å². The summed E-state index contributed by atoms with van der Waals surface area (Å²) in [5.41, 5.74) is 1.07. The topological polar surface area (TPSA) is 125 Å². The molecule has 3 heterocycles. The van der Waals surface area contributed by atoms with Gasteiger partial charge in [0.25, 0.3) is 12.9 Å². The number of piperidine rings is 2. The molecule has 0 unspecified atom stereocenters. The van der Waals surface area contributed by atoms with Crippen molar-refractivity contribution in [1.29, 1.82) is 0 Å². The van der Waals surface area contributed by atoms with Gasteiger partial charge in [-0.3, -0.25) is 9.59 Å². The Bertz CT molecular complexity index is 805. The molecule has 0 radical (unpaired) electrons. The molecule has 0 bridgehead atoms. The molecule has 1 aromatic carbocycles.